The predicted molar refractivity (Wildman–Crippen MR) is 185 cm³/mol. The van der Waals surface area contributed by atoms with Gasteiger partial charge in [-0.1, -0.05) is 23.8 Å². The van der Waals surface area contributed by atoms with E-state index in [2.05, 4.69) is 26.1 Å². The Morgan fingerprint density at radius 3 is 2.42 bits per heavy atom. The fourth-order valence-corrected chi connectivity index (χ4v) is 6.59. The maximum absolute atomic E-state index is 13.2. The maximum Gasteiger partial charge on any atom is 0.295 e. The Kier molecular flexibility index (Phi) is 9.88. The van der Waals surface area contributed by atoms with Gasteiger partial charge in [-0.25, -0.2) is 9.36 Å². The number of imide groups is 2. The maximum atomic E-state index is 13.2. The number of hydrogen-bond donors (Lipinski definition) is 3. The Balaban J connectivity index is 0.929. The zero-order valence-electron chi connectivity index (χ0n) is 28.4. The number of piperidine rings is 1. The molecule has 3 N–H and O–H groups in total. The number of aromatic nitrogens is 4. The average Bonchev–Trinajstić information content (AvgIpc) is 3.57. The largest absolute Gasteiger partial charge is 0.384 e. The third-order valence-corrected chi connectivity index (χ3v) is 9.20. The van der Waals surface area contributed by atoms with Crippen molar-refractivity contribution in [1.82, 2.24) is 35.1 Å². The lowest BCUT2D eigenvalue weighted by Crippen LogP contribution is -2.54. The lowest BCUT2D eigenvalue weighted by Gasteiger charge is -2.27. The first-order chi connectivity index (χ1) is 24.0. The van der Waals surface area contributed by atoms with Crippen LogP contribution in [0.4, 0.5) is 5.69 Å². The summed E-state index contributed by atoms with van der Waals surface area (Å²) in [7, 11) is 0. The number of nitrogens with zero attached hydrogens (tertiary/aromatic N) is 5. The molecule has 6 rings (SSSR count). The number of carbonyl (C=O) groups excluding carboxylic acids is 5. The molecule has 1 unspecified atom stereocenters. The van der Waals surface area contributed by atoms with Crippen molar-refractivity contribution in [2.75, 3.05) is 18.4 Å². The molecule has 0 saturated carbocycles. The second-order valence-corrected chi connectivity index (χ2v) is 12.8. The zero-order valence-corrected chi connectivity index (χ0v) is 28.4. The number of hydrogen-bond acceptors (Lipinski definition) is 9. The molecule has 2 aliphatic rings. The summed E-state index contributed by atoms with van der Waals surface area (Å²) in [4.78, 5) is 76.8. The summed E-state index contributed by atoms with van der Waals surface area (Å²) in [5, 5.41) is 18.2. The van der Waals surface area contributed by atoms with Crippen LogP contribution in [0.2, 0.25) is 0 Å². The quantitative estimate of drug-likeness (QED) is 0.141. The fraction of sp³-hybridized carbons (Fsp3) is 0.389. The molecule has 4 aromatic rings. The zero-order chi connectivity index (χ0) is 35.5. The standard InChI is InChI=1S/C36H40N8O6/c1-21-12-14-24(15-13-21)44-23(3)30-22(2)40-42(36(50)32(30)41-44)20-8-11-28(45)38-19-6-4-5-18-37-26-10-7-9-25-31(26)35(49)43(34(25)48)27-16-17-29(46)39-33(27)47/h7,9-10,12-15,27,37H,4-6,8,11,16-20H2,1-3H3,(H,38,45)(H,39,46,47). The third kappa shape index (κ3) is 6.78. The minimum atomic E-state index is -1.01. The van der Waals surface area contributed by atoms with Crippen LogP contribution in [0.25, 0.3) is 16.6 Å². The molecule has 1 atom stereocenters. The molecular weight excluding hydrogens is 640 g/mol. The molecule has 0 bridgehead atoms. The van der Waals surface area contributed by atoms with E-state index >= 15 is 0 Å². The van der Waals surface area contributed by atoms with Crippen LogP contribution in [-0.4, -0.2) is 73.1 Å². The van der Waals surface area contributed by atoms with Crippen molar-refractivity contribution in [3.05, 3.63) is 80.9 Å². The Morgan fingerprint density at radius 1 is 0.900 bits per heavy atom. The smallest absolute Gasteiger partial charge is 0.295 e. The fourth-order valence-electron chi connectivity index (χ4n) is 6.59. The lowest BCUT2D eigenvalue weighted by atomic mass is 10.0. The first-order valence-corrected chi connectivity index (χ1v) is 16.9. The van der Waals surface area contributed by atoms with Crippen molar-refractivity contribution in [1.29, 1.82) is 0 Å². The highest BCUT2D eigenvalue weighted by atomic mass is 16.2. The topological polar surface area (TPSA) is 177 Å². The molecule has 5 amide bonds. The van der Waals surface area contributed by atoms with E-state index < -0.39 is 29.7 Å². The SMILES string of the molecule is Cc1ccc(-n2nc3c(=O)n(CCCC(=O)NCCCCCNc4cccc5c4C(=O)N(C4CCC(=O)NC4=O)C5=O)nc(C)c3c2C)cc1. The first kappa shape index (κ1) is 34.2. The van der Waals surface area contributed by atoms with Gasteiger partial charge in [0, 0.05) is 38.2 Å². The van der Waals surface area contributed by atoms with E-state index in [9.17, 15) is 28.8 Å². The highest BCUT2D eigenvalue weighted by Crippen LogP contribution is 2.32. The predicted octanol–water partition coefficient (Wildman–Crippen LogP) is 3.09. The molecule has 1 fully saturated rings. The van der Waals surface area contributed by atoms with Crippen LogP contribution in [0.15, 0.2) is 47.3 Å². The Bertz CT molecular complexity index is 2070. The van der Waals surface area contributed by atoms with Crippen molar-refractivity contribution in [3.63, 3.8) is 0 Å². The summed E-state index contributed by atoms with van der Waals surface area (Å²) in [6, 6.07) is 11.9. The van der Waals surface area contributed by atoms with E-state index in [1.165, 1.54) is 4.68 Å². The van der Waals surface area contributed by atoms with Crippen LogP contribution < -0.4 is 21.5 Å². The number of unbranched alkanes of at least 4 members (excludes halogenated alkanes) is 2. The van der Waals surface area contributed by atoms with Gasteiger partial charge in [0.2, 0.25) is 17.7 Å². The second kappa shape index (κ2) is 14.4. The summed E-state index contributed by atoms with van der Waals surface area (Å²) in [5.41, 5.74) is 4.62. The molecule has 0 radical (unpaired) electrons. The Hall–Kier alpha value is -5.66. The number of benzene rings is 2. The molecule has 0 spiro atoms. The number of aryl methyl sites for hydroxylation is 4. The second-order valence-electron chi connectivity index (χ2n) is 12.8. The number of nitrogens with one attached hydrogen (secondary N) is 3. The van der Waals surface area contributed by atoms with Crippen molar-refractivity contribution >= 4 is 46.1 Å². The number of fused-ring (bicyclic) bond motifs is 2. The summed E-state index contributed by atoms with van der Waals surface area (Å²) >= 11 is 0. The first-order valence-electron chi connectivity index (χ1n) is 16.9. The molecule has 0 aliphatic carbocycles. The molecule has 50 heavy (non-hydrogen) atoms. The van der Waals surface area contributed by atoms with E-state index in [1.54, 1.807) is 22.9 Å². The van der Waals surface area contributed by atoms with Gasteiger partial charge in [0.1, 0.15) is 6.04 Å². The van der Waals surface area contributed by atoms with Gasteiger partial charge in [0.25, 0.3) is 17.4 Å². The average molecular weight is 681 g/mol. The normalized spacial score (nSPS) is 15.8. The summed E-state index contributed by atoms with van der Waals surface area (Å²) in [5.74, 6) is -2.25. The van der Waals surface area contributed by atoms with Gasteiger partial charge in [0.05, 0.1) is 33.6 Å². The van der Waals surface area contributed by atoms with E-state index in [0.29, 0.717) is 43.0 Å². The molecule has 260 valence electrons. The van der Waals surface area contributed by atoms with Crippen LogP contribution >= 0.6 is 0 Å². The summed E-state index contributed by atoms with van der Waals surface area (Å²) in [6.45, 7) is 7.15. The van der Waals surface area contributed by atoms with Crippen molar-refractivity contribution in [3.8, 4) is 5.69 Å². The highest BCUT2D eigenvalue weighted by Gasteiger charge is 2.45. The third-order valence-electron chi connectivity index (χ3n) is 9.20. The van der Waals surface area contributed by atoms with E-state index in [0.717, 1.165) is 46.5 Å². The number of rotatable bonds is 13. The number of carbonyl (C=O) groups is 5. The van der Waals surface area contributed by atoms with Crippen molar-refractivity contribution in [2.45, 2.75) is 78.3 Å². The van der Waals surface area contributed by atoms with Crippen LogP contribution in [0.5, 0.6) is 0 Å². The molecule has 2 aromatic carbocycles. The van der Waals surface area contributed by atoms with E-state index in [-0.39, 0.29) is 41.9 Å². The molecule has 1 saturated heterocycles. The minimum absolute atomic E-state index is 0.0630. The van der Waals surface area contributed by atoms with Gasteiger partial charge >= 0.3 is 0 Å². The van der Waals surface area contributed by atoms with E-state index in [4.69, 9.17) is 0 Å². The van der Waals surface area contributed by atoms with Gasteiger partial charge in [-0.05, 0) is 77.1 Å². The molecule has 4 heterocycles. The summed E-state index contributed by atoms with van der Waals surface area (Å²) < 4.78 is 3.16. The highest BCUT2D eigenvalue weighted by molar-refractivity contribution is 6.25. The van der Waals surface area contributed by atoms with Gasteiger partial charge in [-0.2, -0.15) is 10.2 Å². The molecule has 2 aliphatic heterocycles. The molecule has 14 nitrogen and oxygen atoms in total. The van der Waals surface area contributed by atoms with Crippen LogP contribution in [0.3, 0.4) is 0 Å². The van der Waals surface area contributed by atoms with Gasteiger partial charge in [0.15, 0.2) is 5.52 Å². The minimum Gasteiger partial charge on any atom is -0.384 e. The monoisotopic (exact) mass is 680 g/mol. The van der Waals surface area contributed by atoms with Gasteiger partial charge < -0.3 is 10.6 Å². The molecule has 2 aromatic heterocycles. The van der Waals surface area contributed by atoms with Gasteiger partial charge in [-0.3, -0.25) is 39.0 Å². The van der Waals surface area contributed by atoms with E-state index in [1.807, 2.05) is 45.0 Å². The van der Waals surface area contributed by atoms with Crippen LogP contribution in [0, 0.1) is 20.8 Å². The lowest BCUT2D eigenvalue weighted by molar-refractivity contribution is -0.136. The van der Waals surface area contributed by atoms with Crippen molar-refractivity contribution < 1.29 is 24.0 Å². The van der Waals surface area contributed by atoms with Crippen LogP contribution in [-0.2, 0) is 20.9 Å². The molecular formula is C36H40N8O6. The Labute approximate surface area is 288 Å². The van der Waals surface area contributed by atoms with Gasteiger partial charge in [-0.15, -0.1) is 0 Å². The van der Waals surface area contributed by atoms with Crippen molar-refractivity contribution in [2.24, 2.45) is 0 Å². The number of anilines is 1. The van der Waals surface area contributed by atoms with Crippen LogP contribution in [0.1, 0.15) is 82.6 Å². The molecule has 14 heteroatoms. The summed E-state index contributed by atoms with van der Waals surface area (Å²) in [6.07, 6.45) is 3.19. The Morgan fingerprint density at radius 2 is 1.66 bits per heavy atom. The number of amides is 5.